The van der Waals surface area contributed by atoms with Gasteiger partial charge < -0.3 is 5.11 Å². The van der Waals surface area contributed by atoms with Crippen LogP contribution in [-0.2, 0) is 16.2 Å². The number of phenolic OH excluding ortho intramolecular Hbond substituents is 1. The normalized spacial score (nSPS) is 12.5. The SMILES string of the molecule is CC(C)(C)c1ccc(-n2c(-c3cc(C(C)(C)C)ccc3O)nc3c(-c4cccc(-c5cc(C(C)(C)C)cc6cccnc56)c4)cc(-c4ccc5ccccc5c4)cc32)cc1. The number of hydrogen-bond donors (Lipinski definition) is 1. The second-order valence-electron chi connectivity index (χ2n) is 19.4. The second kappa shape index (κ2) is 14.3. The molecule has 0 bridgehead atoms. The zero-order valence-corrected chi connectivity index (χ0v) is 36.2. The number of pyridine rings is 1. The van der Waals surface area contributed by atoms with Crippen LogP contribution < -0.4 is 0 Å². The fraction of sp³-hybridized carbons (Fsp3) is 0.214. The van der Waals surface area contributed by atoms with E-state index < -0.39 is 0 Å². The Kier molecular flexibility index (Phi) is 9.31. The van der Waals surface area contributed by atoms with Gasteiger partial charge in [-0.25, -0.2) is 4.98 Å². The molecule has 4 heteroatoms. The van der Waals surface area contributed by atoms with Gasteiger partial charge in [0.1, 0.15) is 11.6 Å². The Morgan fingerprint density at radius 3 is 1.77 bits per heavy atom. The number of rotatable bonds is 5. The van der Waals surface area contributed by atoms with Crippen LogP contribution in [-0.4, -0.2) is 19.6 Å². The Morgan fingerprint density at radius 2 is 1.07 bits per heavy atom. The van der Waals surface area contributed by atoms with Crippen molar-refractivity contribution in [2.75, 3.05) is 0 Å². The molecule has 9 rings (SSSR count). The van der Waals surface area contributed by atoms with Gasteiger partial charge >= 0.3 is 0 Å². The molecular formula is C56H53N3O. The molecule has 0 spiro atoms. The summed E-state index contributed by atoms with van der Waals surface area (Å²) in [5.41, 5.74) is 14.4. The average molecular weight is 784 g/mol. The van der Waals surface area contributed by atoms with Crippen LogP contribution in [0.3, 0.4) is 0 Å². The van der Waals surface area contributed by atoms with Crippen molar-refractivity contribution >= 4 is 32.7 Å². The summed E-state index contributed by atoms with van der Waals surface area (Å²) in [4.78, 5) is 10.5. The van der Waals surface area contributed by atoms with E-state index in [1.165, 1.54) is 21.9 Å². The van der Waals surface area contributed by atoms with Gasteiger partial charge in [-0.15, -0.1) is 0 Å². The zero-order chi connectivity index (χ0) is 42.1. The maximum Gasteiger partial charge on any atom is 0.149 e. The molecule has 60 heavy (non-hydrogen) atoms. The van der Waals surface area contributed by atoms with Gasteiger partial charge in [0.2, 0.25) is 0 Å². The first kappa shape index (κ1) is 39.0. The minimum Gasteiger partial charge on any atom is -0.507 e. The number of benzene rings is 7. The fourth-order valence-electron chi connectivity index (χ4n) is 8.37. The van der Waals surface area contributed by atoms with Gasteiger partial charge in [0.15, 0.2) is 0 Å². The lowest BCUT2D eigenvalue weighted by Gasteiger charge is -2.21. The molecule has 2 aromatic heterocycles. The number of nitrogens with zero attached hydrogens (tertiary/aromatic N) is 3. The number of aromatic hydroxyl groups is 1. The van der Waals surface area contributed by atoms with E-state index in [0.717, 1.165) is 66.6 Å². The molecule has 0 fully saturated rings. The number of imidazole rings is 1. The fourth-order valence-corrected chi connectivity index (χ4v) is 8.37. The first-order valence-electron chi connectivity index (χ1n) is 21.0. The number of fused-ring (bicyclic) bond motifs is 3. The summed E-state index contributed by atoms with van der Waals surface area (Å²) < 4.78 is 2.24. The van der Waals surface area contributed by atoms with Crippen LogP contribution in [0.1, 0.15) is 79.0 Å². The highest BCUT2D eigenvalue weighted by molar-refractivity contribution is 6.02. The molecule has 7 aromatic carbocycles. The number of hydrogen-bond acceptors (Lipinski definition) is 3. The molecule has 9 aromatic rings. The summed E-state index contributed by atoms with van der Waals surface area (Å²) in [6.45, 7) is 20.1. The minimum absolute atomic E-state index is 0.00758. The third-order valence-electron chi connectivity index (χ3n) is 12.0. The summed E-state index contributed by atoms with van der Waals surface area (Å²) >= 11 is 0. The monoisotopic (exact) mass is 783 g/mol. The predicted molar refractivity (Wildman–Crippen MR) is 253 cm³/mol. The van der Waals surface area contributed by atoms with Crippen molar-refractivity contribution < 1.29 is 5.11 Å². The molecule has 0 unspecified atom stereocenters. The van der Waals surface area contributed by atoms with E-state index in [-0.39, 0.29) is 22.0 Å². The van der Waals surface area contributed by atoms with E-state index in [2.05, 4.69) is 194 Å². The molecule has 0 saturated heterocycles. The van der Waals surface area contributed by atoms with Crippen LogP contribution >= 0.6 is 0 Å². The molecule has 0 atom stereocenters. The van der Waals surface area contributed by atoms with Crippen molar-refractivity contribution in [1.29, 1.82) is 0 Å². The molecule has 2 heterocycles. The quantitative estimate of drug-likeness (QED) is 0.189. The zero-order valence-electron chi connectivity index (χ0n) is 36.2. The minimum atomic E-state index is -0.133. The molecule has 0 aliphatic rings. The lowest BCUT2D eigenvalue weighted by atomic mass is 9.84. The predicted octanol–water partition coefficient (Wildman–Crippen LogP) is 15.0. The highest BCUT2D eigenvalue weighted by atomic mass is 16.3. The van der Waals surface area contributed by atoms with Crippen LogP contribution in [0.2, 0.25) is 0 Å². The second-order valence-corrected chi connectivity index (χ2v) is 19.4. The van der Waals surface area contributed by atoms with Crippen LogP contribution in [0.4, 0.5) is 0 Å². The van der Waals surface area contributed by atoms with E-state index >= 15 is 0 Å². The Bertz CT molecular complexity index is 3090. The van der Waals surface area contributed by atoms with Crippen LogP contribution in [0, 0.1) is 0 Å². The number of phenols is 1. The van der Waals surface area contributed by atoms with Crippen molar-refractivity contribution in [1.82, 2.24) is 14.5 Å². The molecule has 298 valence electrons. The van der Waals surface area contributed by atoms with Crippen molar-refractivity contribution in [3.05, 3.63) is 168 Å². The average Bonchev–Trinajstić information content (AvgIpc) is 3.61. The molecule has 0 radical (unpaired) electrons. The molecule has 0 aliphatic heterocycles. The van der Waals surface area contributed by atoms with Gasteiger partial charge in [-0.2, -0.15) is 0 Å². The molecular weight excluding hydrogens is 731 g/mol. The van der Waals surface area contributed by atoms with Crippen molar-refractivity contribution in [3.8, 4) is 56.2 Å². The Labute approximate surface area is 354 Å². The summed E-state index contributed by atoms with van der Waals surface area (Å²) in [5.74, 6) is 0.889. The summed E-state index contributed by atoms with van der Waals surface area (Å²) in [6, 6.07) is 52.2. The lowest BCUT2D eigenvalue weighted by Crippen LogP contribution is -2.11. The molecule has 1 N–H and O–H groups in total. The summed E-state index contributed by atoms with van der Waals surface area (Å²) in [7, 11) is 0. The Hall–Kier alpha value is -6.52. The molecule has 0 amide bonds. The van der Waals surface area contributed by atoms with E-state index in [4.69, 9.17) is 9.97 Å². The van der Waals surface area contributed by atoms with Crippen molar-refractivity contribution in [2.24, 2.45) is 0 Å². The Balaban J connectivity index is 1.36. The Morgan fingerprint density at radius 1 is 0.433 bits per heavy atom. The van der Waals surface area contributed by atoms with Gasteiger partial charge in [0.05, 0.1) is 22.1 Å². The van der Waals surface area contributed by atoms with Crippen LogP contribution in [0.15, 0.2) is 152 Å². The van der Waals surface area contributed by atoms with Gasteiger partial charge in [-0.1, -0.05) is 141 Å². The summed E-state index contributed by atoms with van der Waals surface area (Å²) in [5, 5.41) is 15.2. The van der Waals surface area contributed by atoms with Gasteiger partial charge in [-0.05, 0) is 133 Å². The third-order valence-corrected chi connectivity index (χ3v) is 12.0. The highest BCUT2D eigenvalue weighted by Gasteiger charge is 2.25. The highest BCUT2D eigenvalue weighted by Crippen LogP contribution is 2.43. The molecule has 0 aliphatic carbocycles. The van der Waals surface area contributed by atoms with Gasteiger partial charge in [0.25, 0.3) is 0 Å². The third kappa shape index (κ3) is 7.15. The number of aromatic nitrogens is 3. The van der Waals surface area contributed by atoms with E-state index in [1.54, 1.807) is 0 Å². The van der Waals surface area contributed by atoms with Crippen LogP contribution in [0.25, 0.3) is 83.2 Å². The van der Waals surface area contributed by atoms with Crippen molar-refractivity contribution in [2.45, 2.75) is 78.6 Å². The molecule has 4 nitrogen and oxygen atoms in total. The first-order chi connectivity index (χ1) is 28.5. The lowest BCUT2D eigenvalue weighted by molar-refractivity contribution is 0.475. The largest absolute Gasteiger partial charge is 0.507 e. The van der Waals surface area contributed by atoms with Crippen LogP contribution in [0.5, 0.6) is 5.75 Å². The molecule has 0 saturated carbocycles. The summed E-state index contributed by atoms with van der Waals surface area (Å²) in [6.07, 6.45) is 1.88. The maximum absolute atomic E-state index is 11.7. The standard InChI is InChI=1S/C56H53N3O/c1-54(2,3)42-21-24-45(25-22-42)59-49-32-41(37-20-19-35-14-10-11-15-36(35)28-37)31-46(52(49)58-53(59)48-33-43(55(4,5)6)23-26-50(48)60)38-16-12-17-39(29-38)47-34-44(56(7,8)9)30-40-18-13-27-57-51(40)47/h10-34,60H,1-9H3. The maximum atomic E-state index is 11.7. The van der Waals surface area contributed by atoms with Gasteiger partial charge in [-0.3, -0.25) is 9.55 Å². The van der Waals surface area contributed by atoms with E-state index in [9.17, 15) is 5.11 Å². The van der Waals surface area contributed by atoms with E-state index in [0.29, 0.717) is 11.4 Å². The topological polar surface area (TPSA) is 50.9 Å². The first-order valence-corrected chi connectivity index (χ1v) is 21.0. The smallest absolute Gasteiger partial charge is 0.149 e. The van der Waals surface area contributed by atoms with Crippen molar-refractivity contribution in [3.63, 3.8) is 0 Å². The van der Waals surface area contributed by atoms with E-state index in [1.807, 2.05) is 24.4 Å². The van der Waals surface area contributed by atoms with Gasteiger partial charge in [0, 0.05) is 28.4 Å².